The Morgan fingerprint density at radius 1 is 1.12 bits per heavy atom. The van der Waals surface area contributed by atoms with Crippen molar-refractivity contribution >= 4 is 5.82 Å². The summed E-state index contributed by atoms with van der Waals surface area (Å²) in [7, 11) is 0. The van der Waals surface area contributed by atoms with Crippen molar-refractivity contribution in [3.8, 4) is 11.4 Å². The Morgan fingerprint density at radius 2 is 1.82 bits per heavy atom. The molecule has 0 atom stereocenters. The van der Waals surface area contributed by atoms with Crippen LogP contribution in [-0.4, -0.2) is 9.97 Å². The van der Waals surface area contributed by atoms with Gasteiger partial charge in [0, 0.05) is 5.56 Å². The number of benzene rings is 1. The zero-order chi connectivity index (χ0) is 12.6. The molecule has 0 spiro atoms. The fraction of sp³-hybridized carbons (Fsp3) is 0.167. The number of hydrogen-bond acceptors (Lipinski definition) is 3. The van der Waals surface area contributed by atoms with E-state index in [0.29, 0.717) is 11.1 Å². The van der Waals surface area contributed by atoms with Gasteiger partial charge >= 0.3 is 0 Å². The topological polar surface area (TPSA) is 51.8 Å². The molecule has 3 nitrogen and oxygen atoms in total. The highest BCUT2D eigenvalue weighted by Crippen LogP contribution is 2.21. The van der Waals surface area contributed by atoms with Crippen LogP contribution in [0, 0.1) is 25.5 Å². The molecule has 0 saturated carbocycles. The molecule has 0 amide bonds. The van der Waals surface area contributed by atoms with E-state index in [1.807, 2.05) is 0 Å². The average Bonchev–Trinajstić information content (AvgIpc) is 2.29. The van der Waals surface area contributed by atoms with Crippen LogP contribution in [-0.2, 0) is 0 Å². The van der Waals surface area contributed by atoms with Crippen LogP contribution in [0.15, 0.2) is 18.2 Å². The Morgan fingerprint density at radius 3 is 2.41 bits per heavy atom. The van der Waals surface area contributed by atoms with Gasteiger partial charge in [0.05, 0.1) is 5.69 Å². The van der Waals surface area contributed by atoms with E-state index in [1.165, 1.54) is 13.0 Å². The SMILES string of the molecule is Cc1ccc(-c2nc(C)c(F)c(N)n2)cc1F. The Hall–Kier alpha value is -2.04. The van der Waals surface area contributed by atoms with Crippen molar-refractivity contribution in [1.29, 1.82) is 0 Å². The van der Waals surface area contributed by atoms with Gasteiger partial charge in [0.1, 0.15) is 5.82 Å². The largest absolute Gasteiger partial charge is 0.381 e. The normalized spacial score (nSPS) is 10.6. The Kier molecular flexibility index (Phi) is 2.75. The lowest BCUT2D eigenvalue weighted by Crippen LogP contribution is -2.03. The first-order valence-corrected chi connectivity index (χ1v) is 5.05. The third-order valence-electron chi connectivity index (χ3n) is 2.47. The molecule has 2 rings (SSSR count). The summed E-state index contributed by atoms with van der Waals surface area (Å²) in [6.45, 7) is 3.14. The van der Waals surface area contributed by atoms with Gasteiger partial charge in [0.15, 0.2) is 17.5 Å². The van der Waals surface area contributed by atoms with Crippen molar-refractivity contribution in [3.63, 3.8) is 0 Å². The summed E-state index contributed by atoms with van der Waals surface area (Å²) in [5.74, 6) is -0.998. The lowest BCUT2D eigenvalue weighted by Gasteiger charge is -2.05. The van der Waals surface area contributed by atoms with Crippen LogP contribution in [0.2, 0.25) is 0 Å². The second-order valence-electron chi connectivity index (χ2n) is 3.80. The number of rotatable bonds is 1. The van der Waals surface area contributed by atoms with Crippen LogP contribution in [0.5, 0.6) is 0 Å². The number of nitrogen functional groups attached to an aromatic ring is 1. The fourth-order valence-electron chi connectivity index (χ4n) is 1.44. The van der Waals surface area contributed by atoms with E-state index >= 15 is 0 Å². The second-order valence-corrected chi connectivity index (χ2v) is 3.80. The first-order valence-electron chi connectivity index (χ1n) is 5.05. The third-order valence-corrected chi connectivity index (χ3v) is 2.47. The van der Waals surface area contributed by atoms with Crippen molar-refractivity contribution in [1.82, 2.24) is 9.97 Å². The number of nitrogens with zero attached hydrogens (tertiary/aromatic N) is 2. The molecule has 0 fully saturated rings. The van der Waals surface area contributed by atoms with E-state index in [-0.39, 0.29) is 23.2 Å². The summed E-state index contributed by atoms with van der Waals surface area (Å²) in [6, 6.07) is 4.59. The maximum Gasteiger partial charge on any atom is 0.186 e. The first kappa shape index (κ1) is 11.4. The zero-order valence-electron chi connectivity index (χ0n) is 9.46. The standard InChI is InChI=1S/C12H11F2N3/c1-6-3-4-8(5-9(6)13)12-16-7(2)10(14)11(15)17-12/h3-5H,1-2H3,(H2,15,16,17). The molecular weight excluding hydrogens is 224 g/mol. The van der Waals surface area contributed by atoms with E-state index < -0.39 is 5.82 Å². The summed E-state index contributed by atoms with van der Waals surface area (Å²) in [4.78, 5) is 7.74. The van der Waals surface area contributed by atoms with E-state index in [1.54, 1.807) is 19.1 Å². The quantitative estimate of drug-likeness (QED) is 0.826. The van der Waals surface area contributed by atoms with E-state index in [0.717, 1.165) is 0 Å². The van der Waals surface area contributed by atoms with Crippen LogP contribution < -0.4 is 5.73 Å². The smallest absolute Gasteiger partial charge is 0.186 e. The number of nitrogens with two attached hydrogens (primary N) is 1. The molecule has 0 radical (unpaired) electrons. The van der Waals surface area contributed by atoms with E-state index in [9.17, 15) is 8.78 Å². The molecule has 17 heavy (non-hydrogen) atoms. The van der Waals surface area contributed by atoms with Gasteiger partial charge in [-0.1, -0.05) is 12.1 Å². The molecule has 5 heteroatoms. The monoisotopic (exact) mass is 235 g/mol. The van der Waals surface area contributed by atoms with Gasteiger partial charge in [-0.25, -0.2) is 18.7 Å². The van der Waals surface area contributed by atoms with E-state index in [2.05, 4.69) is 9.97 Å². The van der Waals surface area contributed by atoms with Crippen molar-refractivity contribution in [2.45, 2.75) is 13.8 Å². The van der Waals surface area contributed by atoms with Gasteiger partial charge in [-0.2, -0.15) is 0 Å². The minimum atomic E-state index is -0.638. The molecule has 1 aromatic carbocycles. The van der Waals surface area contributed by atoms with Gasteiger partial charge in [-0.3, -0.25) is 0 Å². The van der Waals surface area contributed by atoms with Crippen molar-refractivity contribution in [3.05, 3.63) is 41.1 Å². The van der Waals surface area contributed by atoms with Gasteiger partial charge < -0.3 is 5.73 Å². The minimum absolute atomic E-state index is 0.147. The zero-order valence-corrected chi connectivity index (χ0v) is 9.46. The maximum absolute atomic E-state index is 13.4. The molecule has 0 aliphatic rings. The average molecular weight is 235 g/mol. The van der Waals surface area contributed by atoms with E-state index in [4.69, 9.17) is 5.73 Å². The Balaban J connectivity index is 2.57. The molecule has 88 valence electrons. The van der Waals surface area contributed by atoms with Crippen LogP contribution in [0.4, 0.5) is 14.6 Å². The highest BCUT2D eigenvalue weighted by atomic mass is 19.1. The second kappa shape index (κ2) is 4.08. The molecular formula is C12H11F2N3. The van der Waals surface area contributed by atoms with Gasteiger partial charge in [-0.05, 0) is 25.5 Å². The summed E-state index contributed by atoms with van der Waals surface area (Å²) in [6.07, 6.45) is 0. The van der Waals surface area contributed by atoms with Crippen LogP contribution in [0.1, 0.15) is 11.3 Å². The van der Waals surface area contributed by atoms with Gasteiger partial charge in [0.2, 0.25) is 0 Å². The molecule has 0 bridgehead atoms. The van der Waals surface area contributed by atoms with Crippen LogP contribution in [0.25, 0.3) is 11.4 Å². The highest BCUT2D eigenvalue weighted by Gasteiger charge is 2.11. The maximum atomic E-state index is 13.4. The van der Waals surface area contributed by atoms with Gasteiger partial charge in [-0.15, -0.1) is 0 Å². The van der Waals surface area contributed by atoms with Crippen molar-refractivity contribution < 1.29 is 8.78 Å². The Bertz CT molecular complexity index is 559. The molecule has 2 aromatic rings. The molecule has 1 heterocycles. The number of hydrogen-bond donors (Lipinski definition) is 1. The van der Waals surface area contributed by atoms with Crippen LogP contribution in [0.3, 0.4) is 0 Å². The number of aryl methyl sites for hydroxylation is 2. The predicted molar refractivity (Wildman–Crippen MR) is 61.3 cm³/mol. The highest BCUT2D eigenvalue weighted by molar-refractivity contribution is 5.57. The van der Waals surface area contributed by atoms with Crippen molar-refractivity contribution in [2.75, 3.05) is 5.73 Å². The minimum Gasteiger partial charge on any atom is -0.381 e. The van der Waals surface area contributed by atoms with Crippen LogP contribution >= 0.6 is 0 Å². The third kappa shape index (κ3) is 2.08. The Labute approximate surface area is 97.3 Å². The number of aromatic nitrogens is 2. The molecule has 2 N–H and O–H groups in total. The predicted octanol–water partition coefficient (Wildman–Crippen LogP) is 2.62. The summed E-state index contributed by atoms with van der Waals surface area (Å²) < 4.78 is 26.6. The molecule has 0 unspecified atom stereocenters. The summed E-state index contributed by atoms with van der Waals surface area (Å²) in [5, 5.41) is 0. The lowest BCUT2D eigenvalue weighted by atomic mass is 10.1. The van der Waals surface area contributed by atoms with Gasteiger partial charge in [0.25, 0.3) is 0 Å². The fourth-order valence-corrected chi connectivity index (χ4v) is 1.44. The summed E-state index contributed by atoms with van der Waals surface area (Å²) >= 11 is 0. The summed E-state index contributed by atoms with van der Waals surface area (Å²) in [5.41, 5.74) is 6.56. The van der Waals surface area contributed by atoms with Crippen molar-refractivity contribution in [2.24, 2.45) is 0 Å². The molecule has 0 aliphatic heterocycles. The number of halogens is 2. The first-order chi connectivity index (χ1) is 7.99. The molecule has 1 aromatic heterocycles. The number of anilines is 1. The lowest BCUT2D eigenvalue weighted by molar-refractivity contribution is 0.608. The molecule has 0 aliphatic carbocycles. The molecule has 0 saturated heterocycles.